The van der Waals surface area contributed by atoms with Gasteiger partial charge in [0.05, 0.1) is 79.5 Å². The molecular formula is C41H19F6N5. The van der Waals surface area contributed by atoms with Crippen LogP contribution in [0.4, 0.5) is 26.3 Å². The van der Waals surface area contributed by atoms with Crippen LogP contribution >= 0.6 is 0 Å². The molecule has 0 bridgehead atoms. The zero-order valence-electron chi connectivity index (χ0n) is 26.5. The smallest absolute Gasteiger partial charge is 0.307 e. The number of hydrogen-bond donors (Lipinski definition) is 0. The summed E-state index contributed by atoms with van der Waals surface area (Å²) in [6.07, 6.45) is -9.23. The van der Waals surface area contributed by atoms with E-state index in [0.29, 0.717) is 66.1 Å². The Morgan fingerprint density at radius 1 is 0.442 bits per heavy atom. The zero-order chi connectivity index (χ0) is 36.5. The Labute approximate surface area is 290 Å². The average Bonchev–Trinajstić information content (AvgIpc) is 3.65. The monoisotopic (exact) mass is 695 g/mol. The molecule has 0 saturated carbocycles. The predicted octanol–water partition coefficient (Wildman–Crippen LogP) is 11.2. The highest BCUT2D eigenvalue weighted by Crippen LogP contribution is 2.43. The number of benzene rings is 6. The Morgan fingerprint density at radius 3 is 1.33 bits per heavy atom. The van der Waals surface area contributed by atoms with Gasteiger partial charge in [0.25, 0.3) is 0 Å². The maximum atomic E-state index is 14.0. The Kier molecular flexibility index (Phi) is 7.13. The van der Waals surface area contributed by atoms with Crippen molar-refractivity contribution in [2.75, 3.05) is 0 Å². The van der Waals surface area contributed by atoms with Gasteiger partial charge in [-0.25, -0.2) is 0 Å². The highest BCUT2D eigenvalue weighted by Gasteiger charge is 2.33. The first-order valence-electron chi connectivity index (χ1n) is 15.7. The van der Waals surface area contributed by atoms with Gasteiger partial charge < -0.3 is 9.13 Å². The molecule has 0 aliphatic rings. The third-order valence-corrected chi connectivity index (χ3v) is 9.22. The van der Waals surface area contributed by atoms with Gasteiger partial charge in [-0.15, -0.1) is 0 Å². The fraction of sp³-hybridized carbons (Fsp3) is 0.0488. The van der Waals surface area contributed by atoms with Crippen molar-refractivity contribution in [2.45, 2.75) is 12.4 Å². The molecule has 0 spiro atoms. The molecule has 0 atom stereocenters. The van der Waals surface area contributed by atoms with Crippen molar-refractivity contribution in [3.05, 3.63) is 143 Å². The minimum atomic E-state index is -4.62. The second-order valence-electron chi connectivity index (χ2n) is 12.2. The number of rotatable bonds is 3. The normalized spacial score (nSPS) is 12.0. The highest BCUT2D eigenvalue weighted by atomic mass is 19.4. The van der Waals surface area contributed by atoms with E-state index in [4.69, 9.17) is 0 Å². The number of hydrogen-bond acceptors (Lipinski definition) is 3. The van der Waals surface area contributed by atoms with E-state index < -0.39 is 23.5 Å². The first-order chi connectivity index (χ1) is 24.9. The minimum Gasteiger partial charge on any atom is -0.307 e. The number of aromatic nitrogens is 2. The van der Waals surface area contributed by atoms with Crippen molar-refractivity contribution in [1.82, 2.24) is 9.13 Å². The van der Waals surface area contributed by atoms with E-state index in [1.165, 1.54) is 30.3 Å². The fourth-order valence-corrected chi connectivity index (χ4v) is 7.00. The van der Waals surface area contributed by atoms with Crippen molar-refractivity contribution in [1.29, 1.82) is 15.8 Å². The second kappa shape index (κ2) is 11.5. The molecule has 2 heterocycles. The van der Waals surface area contributed by atoms with Crippen LogP contribution < -0.4 is 0 Å². The van der Waals surface area contributed by atoms with Gasteiger partial charge in [-0.1, -0.05) is 36.4 Å². The topological polar surface area (TPSA) is 81.2 Å². The van der Waals surface area contributed by atoms with Gasteiger partial charge in [-0.05, 0) is 84.4 Å². The lowest BCUT2D eigenvalue weighted by Gasteiger charge is -2.20. The van der Waals surface area contributed by atoms with Crippen LogP contribution in [0.15, 0.2) is 115 Å². The molecule has 8 aromatic rings. The molecule has 0 aliphatic heterocycles. The molecule has 0 aliphatic carbocycles. The molecule has 0 saturated heterocycles. The lowest BCUT2D eigenvalue weighted by atomic mass is 9.95. The summed E-state index contributed by atoms with van der Waals surface area (Å²) in [6.45, 7) is 0. The first-order valence-corrected chi connectivity index (χ1v) is 15.7. The van der Waals surface area contributed by atoms with Crippen LogP contribution in [0.1, 0.15) is 27.8 Å². The molecule has 0 unspecified atom stereocenters. The van der Waals surface area contributed by atoms with Crippen molar-refractivity contribution >= 4 is 43.6 Å². The van der Waals surface area contributed by atoms with Gasteiger partial charge in [-0.3, -0.25) is 0 Å². The van der Waals surface area contributed by atoms with Crippen LogP contribution in [0.25, 0.3) is 66.1 Å². The number of halogens is 6. The lowest BCUT2D eigenvalue weighted by molar-refractivity contribution is -0.138. The third kappa shape index (κ3) is 5.01. The average molecular weight is 696 g/mol. The standard InChI is InChI=1S/C41H19F6N5/c42-40(43,44)27-9-11-36-32(17-27)29-5-1-3-7-34(29)51(36)38-16-26(22-50)31(25-14-23(20-48)13-24(15-25)21-49)19-39(38)52-35-8-4-2-6-30(35)33-18-28(41(45,46)47)10-12-37(33)52/h1-19H. The van der Waals surface area contributed by atoms with Crippen LogP contribution in [0, 0.1) is 34.0 Å². The Bertz CT molecular complexity index is 2890. The van der Waals surface area contributed by atoms with E-state index in [1.54, 1.807) is 69.8 Å². The third-order valence-electron chi connectivity index (χ3n) is 9.22. The summed E-state index contributed by atoms with van der Waals surface area (Å²) in [7, 11) is 0. The summed E-state index contributed by atoms with van der Waals surface area (Å²) < 4.78 is 87.3. The largest absolute Gasteiger partial charge is 0.416 e. The van der Waals surface area contributed by atoms with Gasteiger partial charge in [0.15, 0.2) is 0 Å². The van der Waals surface area contributed by atoms with Crippen molar-refractivity contribution in [3.63, 3.8) is 0 Å². The van der Waals surface area contributed by atoms with E-state index in [-0.39, 0.29) is 16.7 Å². The molecule has 0 radical (unpaired) electrons. The van der Waals surface area contributed by atoms with Gasteiger partial charge in [0.2, 0.25) is 0 Å². The van der Waals surface area contributed by atoms with Crippen LogP contribution in [0.3, 0.4) is 0 Å². The van der Waals surface area contributed by atoms with E-state index in [2.05, 4.69) is 6.07 Å². The highest BCUT2D eigenvalue weighted by molar-refractivity contribution is 6.12. The quantitative estimate of drug-likeness (QED) is 0.173. The fourth-order valence-electron chi connectivity index (χ4n) is 7.00. The number of alkyl halides is 6. The van der Waals surface area contributed by atoms with Crippen LogP contribution in [-0.2, 0) is 12.4 Å². The van der Waals surface area contributed by atoms with E-state index in [1.807, 2.05) is 12.1 Å². The van der Waals surface area contributed by atoms with E-state index in [0.717, 1.165) is 24.3 Å². The first kappa shape index (κ1) is 32.2. The van der Waals surface area contributed by atoms with E-state index >= 15 is 0 Å². The molecule has 6 aromatic carbocycles. The molecule has 0 fully saturated rings. The molecule has 11 heteroatoms. The molecule has 2 aromatic heterocycles. The summed E-state index contributed by atoms with van der Waals surface area (Å²) in [6, 6.07) is 34.6. The molecule has 5 nitrogen and oxygen atoms in total. The Hall–Kier alpha value is -7.03. The van der Waals surface area contributed by atoms with Crippen LogP contribution in [-0.4, -0.2) is 9.13 Å². The molecule has 0 amide bonds. The van der Waals surface area contributed by atoms with Crippen LogP contribution in [0.2, 0.25) is 0 Å². The molecule has 8 rings (SSSR count). The molecule has 250 valence electrons. The van der Waals surface area contributed by atoms with Crippen molar-refractivity contribution < 1.29 is 26.3 Å². The van der Waals surface area contributed by atoms with Gasteiger partial charge in [-0.2, -0.15) is 42.1 Å². The second-order valence-corrected chi connectivity index (χ2v) is 12.2. The number of nitrogens with zero attached hydrogens (tertiary/aromatic N) is 5. The maximum absolute atomic E-state index is 14.0. The number of fused-ring (bicyclic) bond motifs is 6. The number of nitriles is 3. The lowest BCUT2D eigenvalue weighted by Crippen LogP contribution is -2.07. The van der Waals surface area contributed by atoms with Gasteiger partial charge in [0.1, 0.15) is 0 Å². The van der Waals surface area contributed by atoms with Gasteiger partial charge in [0, 0.05) is 27.1 Å². The van der Waals surface area contributed by atoms with Crippen molar-refractivity contribution in [3.8, 4) is 40.7 Å². The van der Waals surface area contributed by atoms with E-state index in [9.17, 15) is 42.1 Å². The molecule has 0 N–H and O–H groups in total. The SMILES string of the molecule is N#Cc1cc(C#N)cc(-c2cc(-n3c4ccccc4c4cc(C(F)(F)F)ccc43)c(-n3c4ccccc4c4cc(C(F)(F)F)ccc43)cc2C#N)c1. The summed E-state index contributed by atoms with van der Waals surface area (Å²) >= 11 is 0. The Balaban J connectivity index is 1.56. The summed E-state index contributed by atoms with van der Waals surface area (Å²) in [5.41, 5.74) is 2.04. The summed E-state index contributed by atoms with van der Waals surface area (Å²) in [5, 5.41) is 31.6. The van der Waals surface area contributed by atoms with Crippen LogP contribution in [0.5, 0.6) is 0 Å². The predicted molar refractivity (Wildman–Crippen MR) is 185 cm³/mol. The Morgan fingerprint density at radius 2 is 0.885 bits per heavy atom. The minimum absolute atomic E-state index is 0.121. The summed E-state index contributed by atoms with van der Waals surface area (Å²) in [5.74, 6) is 0. The van der Waals surface area contributed by atoms with Gasteiger partial charge >= 0.3 is 12.4 Å². The molecular weight excluding hydrogens is 676 g/mol. The summed E-state index contributed by atoms with van der Waals surface area (Å²) in [4.78, 5) is 0. The molecule has 52 heavy (non-hydrogen) atoms. The number of para-hydroxylation sites is 2. The van der Waals surface area contributed by atoms with Crippen molar-refractivity contribution in [2.24, 2.45) is 0 Å². The maximum Gasteiger partial charge on any atom is 0.416 e. The zero-order valence-corrected chi connectivity index (χ0v) is 26.5.